The molecule has 0 atom stereocenters. The summed E-state index contributed by atoms with van der Waals surface area (Å²) in [4.78, 5) is 36.5. The number of hydrogen-bond acceptors (Lipinski definition) is 7. The van der Waals surface area contributed by atoms with Gasteiger partial charge in [0.1, 0.15) is 23.2 Å². The fourth-order valence-corrected chi connectivity index (χ4v) is 4.19. The minimum Gasteiger partial charge on any atom is -0.457 e. The first-order chi connectivity index (χ1) is 17.9. The first-order valence-corrected chi connectivity index (χ1v) is 11.6. The highest BCUT2D eigenvalue weighted by Gasteiger charge is 2.34. The van der Waals surface area contributed by atoms with Crippen LogP contribution in [0.2, 0.25) is 5.02 Å². The number of esters is 1. The normalized spacial score (nSPS) is 12.0. The standard InChI is InChI=1S/C28H18ClNO7/c29-18-11-14-26(22(15-18)30(33)34)36-19-12-9-17(10-13-19)23(31)16-35-28(32)27-20-5-1-3-7-24(20)37-25-8-4-2-6-21(25)27/h1-15,27H,16H2. The van der Waals surface area contributed by atoms with E-state index in [0.29, 0.717) is 28.2 Å². The van der Waals surface area contributed by atoms with Gasteiger partial charge in [-0.05, 0) is 48.5 Å². The molecule has 1 aliphatic heterocycles. The van der Waals surface area contributed by atoms with Gasteiger partial charge in [-0.1, -0.05) is 48.0 Å². The largest absolute Gasteiger partial charge is 0.457 e. The second-order valence-corrected chi connectivity index (χ2v) is 8.57. The number of para-hydroxylation sites is 2. The van der Waals surface area contributed by atoms with Crippen LogP contribution in [0.5, 0.6) is 23.0 Å². The van der Waals surface area contributed by atoms with Crippen LogP contribution in [0.4, 0.5) is 5.69 Å². The number of ether oxygens (including phenoxy) is 3. The van der Waals surface area contributed by atoms with Crippen molar-refractivity contribution in [2.24, 2.45) is 0 Å². The molecular weight excluding hydrogens is 498 g/mol. The summed E-state index contributed by atoms with van der Waals surface area (Å²) in [7, 11) is 0. The Morgan fingerprint density at radius 3 is 2.14 bits per heavy atom. The predicted molar refractivity (Wildman–Crippen MR) is 135 cm³/mol. The van der Waals surface area contributed by atoms with Gasteiger partial charge in [-0.3, -0.25) is 19.7 Å². The molecule has 184 valence electrons. The van der Waals surface area contributed by atoms with Crippen molar-refractivity contribution in [2.45, 2.75) is 5.92 Å². The number of carbonyl (C=O) groups excluding carboxylic acids is 2. The van der Waals surface area contributed by atoms with Crippen molar-refractivity contribution in [1.29, 1.82) is 0 Å². The monoisotopic (exact) mass is 515 g/mol. The second-order valence-electron chi connectivity index (χ2n) is 8.14. The lowest BCUT2D eigenvalue weighted by Gasteiger charge is -2.26. The van der Waals surface area contributed by atoms with E-state index in [1.807, 2.05) is 24.3 Å². The molecule has 0 saturated heterocycles. The Balaban J connectivity index is 1.27. The minimum absolute atomic E-state index is 0.0134. The molecule has 0 bridgehead atoms. The van der Waals surface area contributed by atoms with Crippen LogP contribution in [0, 0.1) is 10.1 Å². The number of rotatable bonds is 7. The number of halogens is 1. The number of fused-ring (bicyclic) bond motifs is 2. The van der Waals surface area contributed by atoms with Gasteiger partial charge in [-0.2, -0.15) is 0 Å². The molecular formula is C28H18ClNO7. The van der Waals surface area contributed by atoms with Gasteiger partial charge in [0, 0.05) is 27.8 Å². The maximum atomic E-state index is 13.1. The summed E-state index contributed by atoms with van der Waals surface area (Å²) in [6.45, 7) is -0.455. The minimum atomic E-state index is -0.722. The van der Waals surface area contributed by atoms with Crippen molar-refractivity contribution < 1.29 is 28.7 Å². The molecule has 5 rings (SSSR count). The molecule has 0 spiro atoms. The number of hydrogen-bond donors (Lipinski definition) is 0. The van der Waals surface area contributed by atoms with E-state index in [2.05, 4.69) is 0 Å². The summed E-state index contributed by atoms with van der Waals surface area (Å²) in [6.07, 6.45) is 0. The van der Waals surface area contributed by atoms with Crippen molar-refractivity contribution >= 4 is 29.0 Å². The van der Waals surface area contributed by atoms with Crippen LogP contribution in [0.1, 0.15) is 27.4 Å². The van der Waals surface area contributed by atoms with E-state index < -0.39 is 29.2 Å². The molecule has 1 aliphatic rings. The Bertz CT molecular complexity index is 1470. The lowest BCUT2D eigenvalue weighted by molar-refractivity contribution is -0.385. The highest BCUT2D eigenvalue weighted by atomic mass is 35.5. The van der Waals surface area contributed by atoms with Crippen molar-refractivity contribution in [3.05, 3.63) is 123 Å². The number of ketones is 1. The van der Waals surface area contributed by atoms with E-state index in [0.717, 1.165) is 0 Å². The maximum absolute atomic E-state index is 13.1. The number of nitro benzene ring substituents is 1. The van der Waals surface area contributed by atoms with Crippen LogP contribution >= 0.6 is 11.6 Å². The van der Waals surface area contributed by atoms with Crippen LogP contribution in [0.15, 0.2) is 91.0 Å². The molecule has 1 heterocycles. The van der Waals surface area contributed by atoms with Gasteiger partial charge in [0.25, 0.3) is 0 Å². The molecule has 37 heavy (non-hydrogen) atoms. The molecule has 0 amide bonds. The Labute approximate surface area is 216 Å². The Morgan fingerprint density at radius 2 is 1.51 bits per heavy atom. The van der Waals surface area contributed by atoms with Gasteiger partial charge in [-0.25, -0.2) is 0 Å². The summed E-state index contributed by atoms with van der Waals surface area (Å²) in [5.41, 5.74) is 1.34. The molecule has 0 aromatic heterocycles. The molecule has 0 saturated carbocycles. The number of benzene rings is 4. The summed E-state index contributed by atoms with van der Waals surface area (Å²) in [5, 5.41) is 11.5. The third-order valence-electron chi connectivity index (χ3n) is 5.78. The molecule has 9 heteroatoms. The first kappa shape index (κ1) is 24.0. The van der Waals surface area contributed by atoms with Crippen LogP contribution in [-0.4, -0.2) is 23.3 Å². The maximum Gasteiger partial charge on any atom is 0.318 e. The van der Waals surface area contributed by atoms with Crippen LogP contribution in [-0.2, 0) is 9.53 Å². The Morgan fingerprint density at radius 1 is 0.892 bits per heavy atom. The third-order valence-corrected chi connectivity index (χ3v) is 6.02. The average molecular weight is 516 g/mol. The van der Waals surface area contributed by atoms with Crippen molar-refractivity contribution in [3.63, 3.8) is 0 Å². The van der Waals surface area contributed by atoms with Gasteiger partial charge in [-0.15, -0.1) is 0 Å². The molecule has 8 nitrogen and oxygen atoms in total. The van der Waals surface area contributed by atoms with Crippen molar-refractivity contribution in [3.8, 4) is 23.0 Å². The zero-order chi connectivity index (χ0) is 25.9. The molecule has 0 N–H and O–H groups in total. The van der Waals surface area contributed by atoms with E-state index >= 15 is 0 Å². The highest BCUT2D eigenvalue weighted by molar-refractivity contribution is 6.30. The zero-order valence-electron chi connectivity index (χ0n) is 19.1. The Hall–Kier alpha value is -4.69. The topological polar surface area (TPSA) is 105 Å². The van der Waals surface area contributed by atoms with E-state index in [9.17, 15) is 19.7 Å². The quantitative estimate of drug-likeness (QED) is 0.117. The molecule has 0 fully saturated rings. The number of nitrogens with zero attached hydrogens (tertiary/aromatic N) is 1. The SMILES string of the molecule is O=C(COC(=O)C1c2ccccc2Oc2ccccc21)c1ccc(Oc2ccc(Cl)cc2[N+](=O)[O-])cc1. The van der Waals surface area contributed by atoms with E-state index in [1.54, 1.807) is 24.3 Å². The summed E-state index contributed by atoms with van der Waals surface area (Å²) < 4.78 is 16.9. The summed E-state index contributed by atoms with van der Waals surface area (Å²) in [5.74, 6) is -0.275. The average Bonchev–Trinajstić information content (AvgIpc) is 2.91. The lowest BCUT2D eigenvalue weighted by Crippen LogP contribution is -2.23. The lowest BCUT2D eigenvalue weighted by atomic mass is 9.88. The van der Waals surface area contributed by atoms with Gasteiger partial charge in [0.15, 0.2) is 12.4 Å². The molecule has 4 aromatic rings. The van der Waals surface area contributed by atoms with E-state index in [-0.39, 0.29) is 22.2 Å². The first-order valence-electron chi connectivity index (χ1n) is 11.2. The second kappa shape index (κ2) is 10.1. The van der Waals surface area contributed by atoms with Gasteiger partial charge >= 0.3 is 11.7 Å². The third kappa shape index (κ3) is 5.00. The fraction of sp³-hybridized carbons (Fsp3) is 0.0714. The smallest absolute Gasteiger partial charge is 0.318 e. The molecule has 0 unspecified atom stereocenters. The van der Waals surface area contributed by atoms with Crippen LogP contribution < -0.4 is 9.47 Å². The predicted octanol–water partition coefficient (Wildman–Crippen LogP) is 6.70. The highest BCUT2D eigenvalue weighted by Crippen LogP contribution is 2.44. The molecule has 0 radical (unpaired) electrons. The molecule has 0 aliphatic carbocycles. The van der Waals surface area contributed by atoms with Gasteiger partial charge < -0.3 is 14.2 Å². The number of Topliss-reactive ketones (excluding diaryl/α,β-unsaturated/α-hetero) is 1. The zero-order valence-corrected chi connectivity index (χ0v) is 19.9. The van der Waals surface area contributed by atoms with E-state index in [1.165, 1.54) is 42.5 Å². The van der Waals surface area contributed by atoms with Gasteiger partial charge in [0.2, 0.25) is 5.75 Å². The fourth-order valence-electron chi connectivity index (χ4n) is 4.02. The van der Waals surface area contributed by atoms with Crippen molar-refractivity contribution in [2.75, 3.05) is 6.61 Å². The molecule has 4 aromatic carbocycles. The number of carbonyl (C=O) groups is 2. The van der Waals surface area contributed by atoms with Gasteiger partial charge in [0.05, 0.1) is 4.92 Å². The summed E-state index contributed by atoms with van der Waals surface area (Å²) in [6, 6.07) is 24.4. The van der Waals surface area contributed by atoms with Crippen molar-refractivity contribution in [1.82, 2.24) is 0 Å². The number of nitro groups is 1. The van der Waals surface area contributed by atoms with E-state index in [4.69, 9.17) is 25.8 Å². The Kier molecular flexibility index (Phi) is 6.57. The van der Waals surface area contributed by atoms with Crippen LogP contribution in [0.3, 0.4) is 0 Å². The summed E-state index contributed by atoms with van der Waals surface area (Å²) >= 11 is 5.83. The van der Waals surface area contributed by atoms with Crippen LogP contribution in [0.25, 0.3) is 0 Å².